The Kier molecular flexibility index (Phi) is 5.23. The summed E-state index contributed by atoms with van der Waals surface area (Å²) < 4.78 is 7.75. The summed E-state index contributed by atoms with van der Waals surface area (Å²) in [5.74, 6) is 0.689. The number of ether oxygens (including phenoxy) is 1. The second kappa shape index (κ2) is 8.48. The molecule has 0 radical (unpaired) electrons. The van der Waals surface area contributed by atoms with E-state index in [0.717, 1.165) is 28.1 Å². The minimum absolute atomic E-state index is 0.106. The van der Waals surface area contributed by atoms with Crippen LogP contribution in [0.3, 0.4) is 0 Å². The van der Waals surface area contributed by atoms with Gasteiger partial charge in [-0.15, -0.1) is 0 Å². The lowest BCUT2D eigenvalue weighted by atomic mass is 10.1. The van der Waals surface area contributed by atoms with Crippen molar-refractivity contribution in [2.75, 3.05) is 0 Å². The molecule has 0 spiro atoms. The molecule has 5 nitrogen and oxygen atoms in total. The van der Waals surface area contributed by atoms with E-state index in [9.17, 15) is 4.79 Å². The molecule has 1 aromatic heterocycles. The number of rotatable bonds is 6. The average molecular weight is 409 g/mol. The molecule has 3 aromatic carbocycles. The van der Waals surface area contributed by atoms with Gasteiger partial charge in [-0.2, -0.15) is 5.10 Å². The van der Waals surface area contributed by atoms with E-state index in [1.54, 1.807) is 0 Å². The maximum atomic E-state index is 12.8. The van der Waals surface area contributed by atoms with Gasteiger partial charge in [-0.05, 0) is 17.2 Å². The second-order valence-corrected chi connectivity index (χ2v) is 7.69. The van der Waals surface area contributed by atoms with E-state index in [-0.39, 0.29) is 5.91 Å². The van der Waals surface area contributed by atoms with Gasteiger partial charge >= 0.3 is 0 Å². The van der Waals surface area contributed by atoms with Gasteiger partial charge in [0.15, 0.2) is 6.10 Å². The molecule has 1 atom stereocenters. The van der Waals surface area contributed by atoms with Gasteiger partial charge in [0, 0.05) is 30.3 Å². The maximum Gasteiger partial charge on any atom is 0.261 e. The monoisotopic (exact) mass is 409 g/mol. The van der Waals surface area contributed by atoms with Crippen molar-refractivity contribution in [2.24, 2.45) is 0 Å². The molecule has 1 aliphatic heterocycles. The highest BCUT2D eigenvalue weighted by Gasteiger charge is 2.28. The molecular formula is C26H23N3O2. The number of fused-ring (bicyclic) bond motifs is 1. The van der Waals surface area contributed by atoms with Crippen molar-refractivity contribution in [3.8, 4) is 17.0 Å². The zero-order chi connectivity index (χ0) is 21.0. The highest BCUT2D eigenvalue weighted by atomic mass is 16.5. The number of hydrogen-bond acceptors (Lipinski definition) is 3. The van der Waals surface area contributed by atoms with Gasteiger partial charge in [0.25, 0.3) is 5.91 Å². The molecule has 0 aliphatic carbocycles. The summed E-state index contributed by atoms with van der Waals surface area (Å²) in [6, 6.07) is 28.1. The minimum Gasteiger partial charge on any atom is -0.480 e. The van der Waals surface area contributed by atoms with E-state index in [2.05, 4.69) is 17.4 Å². The number of hydrogen-bond donors (Lipinski definition) is 1. The molecule has 0 bridgehead atoms. The molecule has 5 rings (SSSR count). The molecule has 0 fully saturated rings. The summed E-state index contributed by atoms with van der Waals surface area (Å²) >= 11 is 0. The number of aromatic nitrogens is 2. The van der Waals surface area contributed by atoms with Crippen LogP contribution in [0.15, 0.2) is 91.1 Å². The molecule has 154 valence electrons. The van der Waals surface area contributed by atoms with Crippen LogP contribution in [0.2, 0.25) is 0 Å². The van der Waals surface area contributed by atoms with Crippen molar-refractivity contribution >= 4 is 5.91 Å². The van der Waals surface area contributed by atoms with E-state index in [0.29, 0.717) is 19.5 Å². The number of nitrogens with one attached hydrogen (secondary N) is 1. The van der Waals surface area contributed by atoms with Crippen molar-refractivity contribution < 1.29 is 9.53 Å². The number of benzene rings is 3. The largest absolute Gasteiger partial charge is 0.480 e. The first-order valence-electron chi connectivity index (χ1n) is 10.4. The molecule has 5 heteroatoms. The first-order chi connectivity index (χ1) is 15.3. The maximum absolute atomic E-state index is 12.8. The third kappa shape index (κ3) is 4.21. The molecule has 0 saturated carbocycles. The Labute approximate surface area is 181 Å². The SMILES string of the molecule is O=C(NCc1cn(Cc2ccccc2)nc1-c1ccccc1)[C@H]1Cc2ccccc2O1. The van der Waals surface area contributed by atoms with Crippen LogP contribution in [0.4, 0.5) is 0 Å². The molecule has 1 N–H and O–H groups in total. The molecule has 0 saturated heterocycles. The summed E-state index contributed by atoms with van der Waals surface area (Å²) in [4.78, 5) is 12.8. The Hall–Kier alpha value is -3.86. The smallest absolute Gasteiger partial charge is 0.261 e. The van der Waals surface area contributed by atoms with Crippen molar-refractivity contribution in [1.29, 1.82) is 0 Å². The fourth-order valence-corrected chi connectivity index (χ4v) is 3.91. The normalized spacial score (nSPS) is 14.6. The first kappa shape index (κ1) is 19.1. The van der Waals surface area contributed by atoms with E-state index >= 15 is 0 Å². The van der Waals surface area contributed by atoms with E-state index < -0.39 is 6.10 Å². The van der Waals surface area contributed by atoms with E-state index in [1.807, 2.05) is 83.7 Å². The van der Waals surface area contributed by atoms with Crippen molar-refractivity contribution in [1.82, 2.24) is 15.1 Å². The molecular weight excluding hydrogens is 386 g/mol. The van der Waals surface area contributed by atoms with E-state index in [4.69, 9.17) is 9.84 Å². The van der Waals surface area contributed by atoms with Gasteiger partial charge in [-0.25, -0.2) is 0 Å². The summed E-state index contributed by atoms with van der Waals surface area (Å²) in [7, 11) is 0. The van der Waals surface area contributed by atoms with Crippen molar-refractivity contribution in [2.45, 2.75) is 25.6 Å². The Morgan fingerprint density at radius 1 is 0.968 bits per heavy atom. The van der Waals surface area contributed by atoms with Gasteiger partial charge in [-0.1, -0.05) is 78.9 Å². The Balaban J connectivity index is 1.33. The summed E-state index contributed by atoms with van der Waals surface area (Å²) in [5, 5.41) is 7.86. The minimum atomic E-state index is -0.489. The molecule has 4 aromatic rings. The number of carbonyl (C=O) groups excluding carboxylic acids is 1. The van der Waals surface area contributed by atoms with Crippen LogP contribution < -0.4 is 10.1 Å². The van der Waals surface area contributed by atoms with Crippen LogP contribution in [0.25, 0.3) is 11.3 Å². The van der Waals surface area contributed by atoms with Crippen molar-refractivity contribution in [3.05, 3.63) is 108 Å². The zero-order valence-electron chi connectivity index (χ0n) is 17.1. The highest BCUT2D eigenvalue weighted by molar-refractivity contribution is 5.82. The van der Waals surface area contributed by atoms with Gasteiger partial charge in [0.2, 0.25) is 0 Å². The van der Waals surface area contributed by atoms with Gasteiger partial charge in [0.1, 0.15) is 5.75 Å². The van der Waals surface area contributed by atoms with Crippen molar-refractivity contribution in [3.63, 3.8) is 0 Å². The third-order valence-electron chi connectivity index (χ3n) is 5.46. The van der Waals surface area contributed by atoms with Crippen LogP contribution in [-0.2, 0) is 24.3 Å². The van der Waals surface area contributed by atoms with Gasteiger partial charge in [0.05, 0.1) is 12.2 Å². The fourth-order valence-electron chi connectivity index (χ4n) is 3.91. The van der Waals surface area contributed by atoms with Crippen LogP contribution in [0.5, 0.6) is 5.75 Å². The van der Waals surface area contributed by atoms with Crippen LogP contribution >= 0.6 is 0 Å². The molecule has 1 aliphatic rings. The zero-order valence-corrected chi connectivity index (χ0v) is 17.1. The summed E-state index contributed by atoms with van der Waals surface area (Å²) in [6.45, 7) is 1.07. The lowest BCUT2D eigenvalue weighted by Gasteiger charge is -2.11. The quantitative estimate of drug-likeness (QED) is 0.519. The molecule has 1 amide bonds. The summed E-state index contributed by atoms with van der Waals surface area (Å²) in [5.41, 5.74) is 5.14. The fraction of sp³-hybridized carbons (Fsp3) is 0.154. The van der Waals surface area contributed by atoms with Crippen LogP contribution in [0, 0.1) is 0 Å². The predicted octanol–water partition coefficient (Wildman–Crippen LogP) is 4.22. The Morgan fingerprint density at radius 2 is 1.68 bits per heavy atom. The lowest BCUT2D eigenvalue weighted by molar-refractivity contribution is -0.127. The topological polar surface area (TPSA) is 56.2 Å². The third-order valence-corrected chi connectivity index (χ3v) is 5.46. The molecule has 2 heterocycles. The molecule has 0 unspecified atom stereocenters. The van der Waals surface area contributed by atoms with Gasteiger partial charge in [-0.3, -0.25) is 9.48 Å². The number of para-hydroxylation sites is 1. The highest BCUT2D eigenvalue weighted by Crippen LogP contribution is 2.28. The van der Waals surface area contributed by atoms with Gasteiger partial charge < -0.3 is 10.1 Å². The first-order valence-corrected chi connectivity index (χ1v) is 10.4. The number of amides is 1. The number of carbonyl (C=O) groups is 1. The standard InChI is InChI=1S/C26H23N3O2/c30-26(24-15-21-13-7-8-14-23(21)31-24)27-16-22-18-29(17-19-9-3-1-4-10-19)28-25(22)20-11-5-2-6-12-20/h1-14,18,24H,15-17H2,(H,27,30)/t24-/m1/s1. The summed E-state index contributed by atoms with van der Waals surface area (Å²) in [6.07, 6.45) is 2.12. The number of nitrogens with zero attached hydrogens (tertiary/aromatic N) is 2. The Bertz CT molecular complexity index is 1160. The van der Waals surface area contributed by atoms with E-state index in [1.165, 1.54) is 5.56 Å². The van der Waals surface area contributed by atoms with Crippen LogP contribution in [-0.4, -0.2) is 21.8 Å². The Morgan fingerprint density at radius 3 is 2.45 bits per heavy atom. The predicted molar refractivity (Wildman–Crippen MR) is 120 cm³/mol. The lowest BCUT2D eigenvalue weighted by Crippen LogP contribution is -2.37. The second-order valence-electron chi connectivity index (χ2n) is 7.69. The average Bonchev–Trinajstić information content (AvgIpc) is 3.43. The van der Waals surface area contributed by atoms with Crippen LogP contribution in [0.1, 0.15) is 16.7 Å². The molecule has 31 heavy (non-hydrogen) atoms.